The van der Waals surface area contributed by atoms with Crippen molar-refractivity contribution in [2.24, 2.45) is 5.92 Å². The van der Waals surface area contributed by atoms with Crippen molar-refractivity contribution in [3.63, 3.8) is 0 Å². The van der Waals surface area contributed by atoms with Crippen LogP contribution in [0.3, 0.4) is 0 Å². The molecule has 1 aromatic carbocycles. The van der Waals surface area contributed by atoms with Gasteiger partial charge in [-0.05, 0) is 63.4 Å². The first-order valence-electron chi connectivity index (χ1n) is 11.0. The van der Waals surface area contributed by atoms with E-state index in [4.69, 9.17) is 4.74 Å². The van der Waals surface area contributed by atoms with Gasteiger partial charge in [-0.3, -0.25) is 14.5 Å². The molecule has 2 heterocycles. The summed E-state index contributed by atoms with van der Waals surface area (Å²) in [6.07, 6.45) is 6.45. The van der Waals surface area contributed by atoms with Gasteiger partial charge in [0, 0.05) is 25.6 Å². The monoisotopic (exact) mass is 401 g/mol. The van der Waals surface area contributed by atoms with Gasteiger partial charge in [-0.15, -0.1) is 0 Å². The van der Waals surface area contributed by atoms with Gasteiger partial charge in [0.1, 0.15) is 5.75 Å². The van der Waals surface area contributed by atoms with Crippen LogP contribution in [0.25, 0.3) is 0 Å². The maximum absolute atomic E-state index is 12.8. The molecule has 0 aliphatic carbocycles. The zero-order valence-electron chi connectivity index (χ0n) is 17.9. The van der Waals surface area contributed by atoms with Crippen molar-refractivity contribution in [3.05, 3.63) is 29.8 Å². The van der Waals surface area contributed by atoms with Gasteiger partial charge in [0.25, 0.3) is 0 Å². The number of methoxy groups -OCH3 is 1. The van der Waals surface area contributed by atoms with E-state index in [-0.39, 0.29) is 17.9 Å². The average molecular weight is 402 g/mol. The lowest BCUT2D eigenvalue weighted by Crippen LogP contribution is -2.50. The Balaban J connectivity index is 1.44. The minimum atomic E-state index is -0.185. The molecular formula is C23H35N3O3. The van der Waals surface area contributed by atoms with Crippen LogP contribution in [-0.2, 0) is 16.1 Å². The first-order valence-corrected chi connectivity index (χ1v) is 11.0. The quantitative estimate of drug-likeness (QED) is 0.796. The number of nitrogens with zero attached hydrogens (tertiary/aromatic N) is 2. The van der Waals surface area contributed by atoms with Crippen LogP contribution in [0.1, 0.15) is 51.0 Å². The first-order chi connectivity index (χ1) is 14.1. The van der Waals surface area contributed by atoms with Crippen molar-refractivity contribution < 1.29 is 14.3 Å². The molecule has 160 valence electrons. The first kappa shape index (κ1) is 21.6. The van der Waals surface area contributed by atoms with Crippen LogP contribution in [0.15, 0.2) is 24.3 Å². The summed E-state index contributed by atoms with van der Waals surface area (Å²) in [4.78, 5) is 29.7. The molecule has 1 unspecified atom stereocenters. The van der Waals surface area contributed by atoms with Gasteiger partial charge in [0.05, 0.1) is 13.2 Å². The lowest BCUT2D eigenvalue weighted by molar-refractivity contribution is -0.137. The predicted molar refractivity (Wildman–Crippen MR) is 114 cm³/mol. The Bertz CT molecular complexity index is 678. The Morgan fingerprint density at radius 2 is 1.79 bits per heavy atom. The maximum Gasteiger partial charge on any atom is 0.237 e. The zero-order valence-corrected chi connectivity index (χ0v) is 17.9. The summed E-state index contributed by atoms with van der Waals surface area (Å²) in [6.45, 7) is 5.89. The number of benzene rings is 1. The van der Waals surface area contributed by atoms with Gasteiger partial charge in [-0.1, -0.05) is 25.0 Å². The van der Waals surface area contributed by atoms with E-state index in [1.807, 2.05) is 31.2 Å². The van der Waals surface area contributed by atoms with Crippen LogP contribution >= 0.6 is 0 Å². The number of carbonyl (C=O) groups is 2. The predicted octanol–water partition coefficient (Wildman–Crippen LogP) is 2.81. The van der Waals surface area contributed by atoms with Crippen LogP contribution in [0.2, 0.25) is 0 Å². The fourth-order valence-corrected chi connectivity index (χ4v) is 4.37. The fraction of sp³-hybridized carbons (Fsp3) is 0.652. The maximum atomic E-state index is 12.8. The number of rotatable bonds is 6. The molecule has 1 aromatic rings. The third-order valence-electron chi connectivity index (χ3n) is 6.32. The van der Waals surface area contributed by atoms with E-state index in [0.29, 0.717) is 12.5 Å². The minimum absolute atomic E-state index is 0.0325. The van der Waals surface area contributed by atoms with Crippen LogP contribution in [0, 0.1) is 5.92 Å². The molecule has 1 atom stereocenters. The smallest absolute Gasteiger partial charge is 0.237 e. The molecule has 0 aromatic heterocycles. The van der Waals surface area contributed by atoms with Gasteiger partial charge in [0.2, 0.25) is 11.8 Å². The third-order valence-corrected chi connectivity index (χ3v) is 6.32. The minimum Gasteiger partial charge on any atom is -0.497 e. The van der Waals surface area contributed by atoms with Gasteiger partial charge in [-0.25, -0.2) is 0 Å². The number of carbonyl (C=O) groups excluding carboxylic acids is 2. The number of hydrogen-bond acceptors (Lipinski definition) is 4. The molecule has 0 bridgehead atoms. The van der Waals surface area contributed by atoms with Crippen molar-refractivity contribution in [3.8, 4) is 5.75 Å². The molecule has 2 saturated heterocycles. The lowest BCUT2D eigenvalue weighted by Gasteiger charge is -2.36. The summed E-state index contributed by atoms with van der Waals surface area (Å²) in [5.41, 5.74) is 1.02. The van der Waals surface area contributed by atoms with Crippen molar-refractivity contribution in [1.82, 2.24) is 15.1 Å². The van der Waals surface area contributed by atoms with Crippen LogP contribution in [-0.4, -0.2) is 60.9 Å². The highest BCUT2D eigenvalue weighted by atomic mass is 16.5. The van der Waals surface area contributed by atoms with E-state index >= 15 is 0 Å². The largest absolute Gasteiger partial charge is 0.497 e. The normalized spacial score (nSPS) is 20.0. The topological polar surface area (TPSA) is 61.9 Å². The Morgan fingerprint density at radius 3 is 2.45 bits per heavy atom. The Morgan fingerprint density at radius 1 is 1.10 bits per heavy atom. The molecule has 2 amide bonds. The van der Waals surface area contributed by atoms with Gasteiger partial charge >= 0.3 is 0 Å². The molecule has 2 aliphatic rings. The lowest BCUT2D eigenvalue weighted by atomic mass is 9.94. The van der Waals surface area contributed by atoms with E-state index in [1.54, 1.807) is 7.11 Å². The van der Waals surface area contributed by atoms with Crippen molar-refractivity contribution in [2.75, 3.05) is 33.3 Å². The molecule has 0 spiro atoms. The highest BCUT2D eigenvalue weighted by Crippen LogP contribution is 2.23. The van der Waals surface area contributed by atoms with Gasteiger partial charge < -0.3 is 15.0 Å². The fourth-order valence-electron chi connectivity index (χ4n) is 4.37. The van der Waals surface area contributed by atoms with Crippen LogP contribution in [0.5, 0.6) is 5.75 Å². The van der Waals surface area contributed by atoms with Crippen molar-refractivity contribution in [1.29, 1.82) is 0 Å². The number of hydrogen-bond donors (Lipinski definition) is 1. The second kappa shape index (κ2) is 10.6. The standard InChI is InChI=1S/C23H35N3O3/c1-18(22(27)24-17-19-8-7-9-21(16-19)29-2)25-14-10-20(11-15-25)23(28)26-12-5-3-4-6-13-26/h7-9,16,18,20H,3-6,10-15,17H2,1-2H3,(H,24,27). The summed E-state index contributed by atoms with van der Waals surface area (Å²) >= 11 is 0. The Hall–Kier alpha value is -2.08. The van der Waals surface area contributed by atoms with Crippen molar-refractivity contribution in [2.45, 2.75) is 58.0 Å². The second-order valence-electron chi connectivity index (χ2n) is 8.30. The molecule has 1 N–H and O–H groups in total. The molecular weight excluding hydrogens is 366 g/mol. The Kier molecular flexibility index (Phi) is 7.92. The number of ether oxygens (including phenoxy) is 1. The molecule has 6 nitrogen and oxygen atoms in total. The SMILES string of the molecule is COc1cccc(CNC(=O)C(C)N2CCC(C(=O)N3CCCCCC3)CC2)c1. The van der Waals surface area contributed by atoms with E-state index < -0.39 is 0 Å². The molecule has 6 heteroatoms. The summed E-state index contributed by atoms with van der Waals surface area (Å²) in [7, 11) is 1.64. The number of amides is 2. The van der Waals surface area contributed by atoms with E-state index in [9.17, 15) is 9.59 Å². The molecule has 0 saturated carbocycles. The molecule has 29 heavy (non-hydrogen) atoms. The Labute approximate surface area is 174 Å². The van der Waals surface area contributed by atoms with Gasteiger partial charge in [-0.2, -0.15) is 0 Å². The third kappa shape index (κ3) is 5.95. The van der Waals surface area contributed by atoms with Crippen LogP contribution < -0.4 is 10.1 Å². The highest BCUT2D eigenvalue weighted by Gasteiger charge is 2.31. The summed E-state index contributed by atoms with van der Waals surface area (Å²) in [5.74, 6) is 1.28. The summed E-state index contributed by atoms with van der Waals surface area (Å²) < 4.78 is 5.23. The average Bonchev–Trinajstić information content (AvgIpc) is 3.06. The van der Waals surface area contributed by atoms with Crippen molar-refractivity contribution >= 4 is 11.8 Å². The van der Waals surface area contributed by atoms with E-state index in [1.165, 1.54) is 12.8 Å². The molecule has 2 aliphatic heterocycles. The van der Waals surface area contributed by atoms with E-state index in [0.717, 1.165) is 63.2 Å². The molecule has 0 radical (unpaired) electrons. The molecule has 3 rings (SSSR count). The number of piperidine rings is 1. The van der Waals surface area contributed by atoms with Gasteiger partial charge in [0.15, 0.2) is 0 Å². The van der Waals surface area contributed by atoms with E-state index in [2.05, 4.69) is 15.1 Å². The van der Waals surface area contributed by atoms with Crippen LogP contribution in [0.4, 0.5) is 0 Å². The zero-order chi connectivity index (χ0) is 20.6. The second-order valence-corrected chi connectivity index (χ2v) is 8.30. The summed E-state index contributed by atoms with van der Waals surface area (Å²) in [5, 5.41) is 3.03. The summed E-state index contributed by atoms with van der Waals surface area (Å²) in [6, 6.07) is 7.55. The molecule has 2 fully saturated rings. The number of likely N-dealkylation sites (tertiary alicyclic amines) is 2. The highest BCUT2D eigenvalue weighted by molar-refractivity contribution is 5.81. The number of nitrogens with one attached hydrogen (secondary N) is 1.